The van der Waals surface area contributed by atoms with Crippen LogP contribution in [0.25, 0.3) is 11.0 Å². The Morgan fingerprint density at radius 2 is 1.84 bits per heavy atom. The lowest BCUT2D eigenvalue weighted by Gasteiger charge is -2.28. The smallest absolute Gasteiger partial charge is 0.350 e. The molecule has 1 aromatic heterocycles. The first-order valence-corrected chi connectivity index (χ1v) is 10.5. The van der Waals surface area contributed by atoms with Gasteiger partial charge < -0.3 is 14.7 Å². The summed E-state index contributed by atoms with van der Waals surface area (Å²) in [5.41, 5.74) is 3.42. The fourth-order valence-corrected chi connectivity index (χ4v) is 3.97. The fraction of sp³-hybridized carbons (Fsp3) is 0.333. The van der Waals surface area contributed by atoms with E-state index in [0.29, 0.717) is 12.5 Å². The number of rotatable bonds is 8. The zero-order valence-electron chi connectivity index (χ0n) is 17.2. The first-order chi connectivity index (χ1) is 15.2. The zero-order valence-corrected chi connectivity index (χ0v) is 17.2. The van der Waals surface area contributed by atoms with Crippen LogP contribution in [-0.2, 0) is 16.2 Å². The minimum atomic E-state index is -1.12. The van der Waals surface area contributed by atoms with Gasteiger partial charge in [0.15, 0.2) is 12.3 Å². The molecule has 1 aliphatic rings. The number of oxime groups is 1. The Bertz CT molecular complexity index is 1050. The number of para-hydroxylation sites is 2. The third-order valence-corrected chi connectivity index (χ3v) is 5.51. The number of carbonyl (C=O) groups is 1. The molecular formula is C24H25N3O4. The molecule has 1 aliphatic carbocycles. The third-order valence-electron chi connectivity index (χ3n) is 5.51. The molecule has 0 spiro atoms. The van der Waals surface area contributed by atoms with Crippen LogP contribution < -0.4 is 4.74 Å². The van der Waals surface area contributed by atoms with Crippen molar-refractivity contribution in [1.29, 1.82) is 0 Å². The molecule has 1 fully saturated rings. The van der Waals surface area contributed by atoms with Crippen LogP contribution in [0.5, 0.6) is 5.75 Å². The molecule has 1 N–H and O–H groups in total. The lowest BCUT2D eigenvalue weighted by atomic mass is 9.83. The number of nitrogens with zero attached hydrogens (tertiary/aromatic N) is 3. The van der Waals surface area contributed by atoms with Crippen molar-refractivity contribution in [3.8, 4) is 5.75 Å². The van der Waals surface area contributed by atoms with E-state index in [0.717, 1.165) is 59.9 Å². The molecular weight excluding hydrogens is 394 g/mol. The summed E-state index contributed by atoms with van der Waals surface area (Å²) in [7, 11) is 0. The van der Waals surface area contributed by atoms with Gasteiger partial charge in [-0.15, -0.1) is 0 Å². The van der Waals surface area contributed by atoms with Gasteiger partial charge in [0.05, 0.1) is 22.9 Å². The van der Waals surface area contributed by atoms with E-state index < -0.39 is 5.97 Å². The van der Waals surface area contributed by atoms with Crippen molar-refractivity contribution in [3.05, 3.63) is 66.0 Å². The standard InChI is InChI=1S/C24H25N3O4/c28-23(29)15-26-31-24(17-6-2-1-3-7-17)18-10-12-20(13-11-18)30-16-19-14-25-21-8-4-5-9-22(21)27-19/h4-5,8-15,17,24H,1-3,6-7,16H2,(H,28,29)/b26-15+. The van der Waals surface area contributed by atoms with Crippen molar-refractivity contribution in [3.63, 3.8) is 0 Å². The van der Waals surface area contributed by atoms with E-state index in [-0.39, 0.29) is 6.10 Å². The van der Waals surface area contributed by atoms with Crippen LogP contribution in [0.15, 0.2) is 59.9 Å². The second-order valence-corrected chi connectivity index (χ2v) is 7.70. The topological polar surface area (TPSA) is 93.9 Å². The van der Waals surface area contributed by atoms with Crippen molar-refractivity contribution in [2.24, 2.45) is 11.1 Å². The largest absolute Gasteiger partial charge is 0.487 e. The maximum atomic E-state index is 10.7. The number of hydrogen-bond donors (Lipinski definition) is 1. The van der Waals surface area contributed by atoms with Gasteiger partial charge in [-0.3, -0.25) is 4.98 Å². The average molecular weight is 419 g/mol. The molecule has 1 heterocycles. The third kappa shape index (κ3) is 5.57. The molecule has 0 amide bonds. The summed E-state index contributed by atoms with van der Waals surface area (Å²) in [5, 5.41) is 12.5. The molecule has 0 aliphatic heterocycles. The van der Waals surface area contributed by atoms with Crippen LogP contribution in [0.1, 0.15) is 49.5 Å². The van der Waals surface area contributed by atoms with E-state index in [4.69, 9.17) is 14.7 Å². The van der Waals surface area contributed by atoms with Crippen LogP contribution in [0, 0.1) is 5.92 Å². The minimum absolute atomic E-state index is 0.267. The lowest BCUT2D eigenvalue weighted by Crippen LogP contribution is -2.18. The summed E-state index contributed by atoms with van der Waals surface area (Å²) in [5.74, 6) is -0.0857. The molecule has 7 heteroatoms. The molecule has 1 saturated carbocycles. The van der Waals surface area contributed by atoms with Gasteiger partial charge in [-0.2, -0.15) is 0 Å². The molecule has 3 aromatic rings. The first-order valence-electron chi connectivity index (χ1n) is 10.5. The SMILES string of the molecule is O=C(O)/C=N/OC(c1ccc(OCc2cnc3ccccc3n2)cc1)C1CCCCC1. The summed E-state index contributed by atoms with van der Waals surface area (Å²) in [6, 6.07) is 15.4. The fourth-order valence-electron chi connectivity index (χ4n) is 3.97. The molecule has 1 unspecified atom stereocenters. The van der Waals surface area contributed by atoms with E-state index in [1.807, 2.05) is 48.5 Å². The van der Waals surface area contributed by atoms with E-state index in [2.05, 4.69) is 15.1 Å². The summed E-state index contributed by atoms with van der Waals surface area (Å²) in [6.45, 7) is 0.322. The maximum Gasteiger partial charge on any atom is 0.350 e. The molecule has 0 radical (unpaired) electrons. The highest BCUT2D eigenvalue weighted by Crippen LogP contribution is 2.37. The number of benzene rings is 2. The second kappa shape index (κ2) is 10.0. The van der Waals surface area contributed by atoms with Crippen molar-refractivity contribution in [2.75, 3.05) is 0 Å². The van der Waals surface area contributed by atoms with Gasteiger partial charge in [-0.25, -0.2) is 9.78 Å². The van der Waals surface area contributed by atoms with Crippen LogP contribution in [0.2, 0.25) is 0 Å². The van der Waals surface area contributed by atoms with Gasteiger partial charge in [0.25, 0.3) is 0 Å². The number of ether oxygens (including phenoxy) is 1. The molecule has 7 nitrogen and oxygen atoms in total. The van der Waals surface area contributed by atoms with Gasteiger partial charge in [0.2, 0.25) is 0 Å². The predicted molar refractivity (Wildman–Crippen MR) is 117 cm³/mol. The number of carboxylic acids is 1. The molecule has 160 valence electrons. The number of fused-ring (bicyclic) bond motifs is 1. The zero-order chi connectivity index (χ0) is 21.5. The Labute approximate surface area is 180 Å². The van der Waals surface area contributed by atoms with Gasteiger partial charge in [0, 0.05) is 5.92 Å². The van der Waals surface area contributed by atoms with Gasteiger partial charge in [0.1, 0.15) is 12.4 Å². The van der Waals surface area contributed by atoms with Crippen LogP contribution >= 0.6 is 0 Å². The Morgan fingerprint density at radius 1 is 1.10 bits per heavy atom. The summed E-state index contributed by atoms with van der Waals surface area (Å²) in [6.07, 6.45) is 7.88. The Kier molecular flexibility index (Phi) is 6.72. The first kappa shape index (κ1) is 20.8. The lowest BCUT2D eigenvalue weighted by molar-refractivity contribution is -0.129. The highest BCUT2D eigenvalue weighted by atomic mass is 16.6. The number of hydrogen-bond acceptors (Lipinski definition) is 6. The van der Waals surface area contributed by atoms with Crippen molar-refractivity contribution in [1.82, 2.24) is 9.97 Å². The molecule has 2 aromatic carbocycles. The number of aliphatic carboxylic acids is 1. The molecule has 0 bridgehead atoms. The van der Waals surface area contributed by atoms with Crippen molar-refractivity contribution in [2.45, 2.75) is 44.8 Å². The monoisotopic (exact) mass is 419 g/mol. The Hall–Kier alpha value is -3.48. The number of carboxylic acid groups (broad SMARTS) is 1. The Morgan fingerprint density at radius 3 is 2.58 bits per heavy atom. The van der Waals surface area contributed by atoms with Crippen molar-refractivity contribution >= 4 is 23.2 Å². The molecule has 0 saturated heterocycles. The highest BCUT2D eigenvalue weighted by Gasteiger charge is 2.27. The maximum absolute atomic E-state index is 10.7. The highest BCUT2D eigenvalue weighted by molar-refractivity contribution is 6.21. The van der Waals surface area contributed by atoms with Gasteiger partial charge >= 0.3 is 5.97 Å². The van der Waals surface area contributed by atoms with Gasteiger partial charge in [-0.05, 0) is 42.7 Å². The predicted octanol–water partition coefficient (Wildman–Crippen LogP) is 4.92. The van der Waals surface area contributed by atoms with E-state index in [1.54, 1.807) is 6.20 Å². The van der Waals surface area contributed by atoms with Crippen LogP contribution in [0.4, 0.5) is 0 Å². The Balaban J connectivity index is 1.43. The summed E-state index contributed by atoms with van der Waals surface area (Å²) in [4.78, 5) is 25.3. The summed E-state index contributed by atoms with van der Waals surface area (Å²) < 4.78 is 5.88. The van der Waals surface area contributed by atoms with Crippen LogP contribution in [-0.4, -0.2) is 27.3 Å². The second-order valence-electron chi connectivity index (χ2n) is 7.70. The number of aromatic nitrogens is 2. The van der Waals surface area contributed by atoms with E-state index in [9.17, 15) is 4.79 Å². The normalized spacial score (nSPS) is 15.7. The van der Waals surface area contributed by atoms with E-state index in [1.165, 1.54) is 6.42 Å². The van der Waals surface area contributed by atoms with Gasteiger partial charge in [-0.1, -0.05) is 48.7 Å². The van der Waals surface area contributed by atoms with E-state index >= 15 is 0 Å². The van der Waals surface area contributed by atoms with Crippen LogP contribution in [0.3, 0.4) is 0 Å². The minimum Gasteiger partial charge on any atom is -0.487 e. The van der Waals surface area contributed by atoms with Crippen molar-refractivity contribution < 1.29 is 19.5 Å². The summed E-state index contributed by atoms with van der Waals surface area (Å²) >= 11 is 0. The molecule has 4 rings (SSSR count). The molecule has 1 atom stereocenters. The average Bonchev–Trinajstić information content (AvgIpc) is 2.81. The quantitative estimate of drug-likeness (QED) is 0.411. The molecule has 31 heavy (non-hydrogen) atoms.